The molecule has 1 fully saturated rings. The van der Waals surface area contributed by atoms with Gasteiger partial charge in [0.05, 0.1) is 9.49 Å². The van der Waals surface area contributed by atoms with Crippen molar-refractivity contribution in [2.24, 2.45) is 0 Å². The van der Waals surface area contributed by atoms with Crippen LogP contribution in [0, 0.1) is 0 Å². The van der Waals surface area contributed by atoms with Crippen LogP contribution in [0.2, 0.25) is 0 Å². The smallest absolute Gasteiger partial charge is 0.156 e. The predicted octanol–water partition coefficient (Wildman–Crippen LogP) is 3.95. The minimum Gasteiger partial charge on any atom is -0.297 e. The Morgan fingerprint density at radius 1 is 0.905 bits per heavy atom. The van der Waals surface area contributed by atoms with E-state index in [0.29, 0.717) is 0 Å². The van der Waals surface area contributed by atoms with Crippen molar-refractivity contribution in [3.63, 3.8) is 0 Å². The molecule has 0 spiro atoms. The molecule has 0 bridgehead atoms. The fourth-order valence-corrected chi connectivity index (χ4v) is 6.95. The van der Waals surface area contributed by atoms with Gasteiger partial charge >= 0.3 is 0 Å². The molecular weight excluding hydrogens is 300 g/mol. The molecule has 2 aliphatic heterocycles. The van der Waals surface area contributed by atoms with E-state index in [1.165, 1.54) is 28.7 Å². The minimum absolute atomic E-state index is 0.159. The Hall–Kier alpha value is -1.000. The lowest BCUT2D eigenvalue weighted by Crippen LogP contribution is -2.47. The molecular formula is C17H16O2S2. The molecule has 2 aliphatic carbocycles. The molecule has 0 radical (unpaired) electrons. The lowest BCUT2D eigenvalue weighted by molar-refractivity contribution is -0.105. The first-order valence-electron chi connectivity index (χ1n) is 7.23. The van der Waals surface area contributed by atoms with Gasteiger partial charge in [0, 0.05) is 9.81 Å². The van der Waals surface area contributed by atoms with Crippen molar-refractivity contribution in [3.8, 4) is 0 Å². The van der Waals surface area contributed by atoms with Crippen molar-refractivity contribution >= 4 is 36.1 Å². The van der Waals surface area contributed by atoms with E-state index in [1.807, 2.05) is 0 Å². The normalized spacial score (nSPS) is 37.0. The molecule has 2 atom stereocenters. The fourth-order valence-electron chi connectivity index (χ4n) is 4.11. The van der Waals surface area contributed by atoms with Crippen LogP contribution in [0.15, 0.2) is 44.3 Å². The summed E-state index contributed by atoms with van der Waals surface area (Å²) in [5.74, 6) is 0. The molecule has 0 aromatic carbocycles. The van der Waals surface area contributed by atoms with Gasteiger partial charge in [0.15, 0.2) is 12.6 Å². The van der Waals surface area contributed by atoms with E-state index in [1.54, 1.807) is 23.5 Å². The molecule has 108 valence electrons. The van der Waals surface area contributed by atoms with Crippen LogP contribution in [0.1, 0.15) is 33.1 Å². The molecule has 2 heterocycles. The molecule has 21 heavy (non-hydrogen) atoms. The molecule has 0 amide bonds. The number of fused-ring (bicyclic) bond motifs is 4. The van der Waals surface area contributed by atoms with Crippen molar-refractivity contribution in [1.82, 2.24) is 0 Å². The van der Waals surface area contributed by atoms with Gasteiger partial charge in [-0.15, -0.1) is 23.5 Å². The summed E-state index contributed by atoms with van der Waals surface area (Å²) >= 11 is 3.33. The second kappa shape index (κ2) is 4.26. The van der Waals surface area contributed by atoms with E-state index in [4.69, 9.17) is 0 Å². The summed E-state index contributed by atoms with van der Waals surface area (Å²) in [6.45, 7) is 4.47. The van der Waals surface area contributed by atoms with E-state index < -0.39 is 0 Å². The highest BCUT2D eigenvalue weighted by Gasteiger charge is 2.59. The summed E-state index contributed by atoms with van der Waals surface area (Å²) in [6, 6.07) is 0. The van der Waals surface area contributed by atoms with Crippen molar-refractivity contribution in [2.45, 2.75) is 42.6 Å². The van der Waals surface area contributed by atoms with Crippen LogP contribution in [-0.4, -0.2) is 22.1 Å². The summed E-state index contributed by atoms with van der Waals surface area (Å²) in [6.07, 6.45) is 9.46. The van der Waals surface area contributed by atoms with E-state index in [0.717, 1.165) is 35.2 Å². The van der Waals surface area contributed by atoms with Crippen LogP contribution in [-0.2, 0) is 9.59 Å². The molecule has 4 aliphatic rings. The number of carbonyl (C=O) groups excluding carboxylic acids is 2. The maximum atomic E-state index is 11.3. The van der Waals surface area contributed by atoms with E-state index >= 15 is 0 Å². The largest absolute Gasteiger partial charge is 0.297 e. The third-order valence-electron chi connectivity index (χ3n) is 5.26. The number of hydrogen-bond acceptors (Lipinski definition) is 4. The van der Waals surface area contributed by atoms with E-state index in [-0.39, 0.29) is 9.49 Å². The Kier molecular flexibility index (Phi) is 2.77. The van der Waals surface area contributed by atoms with E-state index in [9.17, 15) is 9.59 Å². The molecule has 4 heteroatoms. The molecule has 0 aromatic rings. The molecule has 1 saturated carbocycles. The van der Waals surface area contributed by atoms with Crippen LogP contribution in [0.5, 0.6) is 0 Å². The summed E-state index contributed by atoms with van der Waals surface area (Å²) in [4.78, 5) is 24.2. The minimum atomic E-state index is -0.159. The van der Waals surface area contributed by atoms with Crippen molar-refractivity contribution in [2.75, 3.05) is 0 Å². The molecule has 0 N–H and O–H groups in total. The monoisotopic (exact) mass is 316 g/mol. The van der Waals surface area contributed by atoms with Gasteiger partial charge in [0.25, 0.3) is 0 Å². The second-order valence-electron chi connectivity index (χ2n) is 6.24. The number of hydrogen-bond donors (Lipinski definition) is 0. The van der Waals surface area contributed by atoms with Gasteiger partial charge in [-0.25, -0.2) is 0 Å². The Balaban J connectivity index is 2.00. The first-order valence-corrected chi connectivity index (χ1v) is 8.86. The SMILES string of the molecule is C[C@@]12SC(C=O)=CC1=C1CCCC1=C1C=C(C=O)S[C@]12C. The van der Waals surface area contributed by atoms with Gasteiger partial charge in [-0.1, -0.05) is 0 Å². The zero-order valence-corrected chi connectivity index (χ0v) is 13.7. The molecule has 0 saturated heterocycles. The maximum absolute atomic E-state index is 11.3. The van der Waals surface area contributed by atoms with Gasteiger partial charge in [0.1, 0.15) is 0 Å². The number of rotatable bonds is 2. The van der Waals surface area contributed by atoms with Crippen LogP contribution in [0.25, 0.3) is 0 Å². The zero-order valence-electron chi connectivity index (χ0n) is 12.1. The van der Waals surface area contributed by atoms with Gasteiger partial charge < -0.3 is 0 Å². The standard InChI is InChI=1S/C17H16O2S2/c1-16-14(6-10(8-18)20-16)12-4-3-5-13(12)15-7-11(9-19)21-17(15,16)2/h6-9H,3-5H2,1-2H3/t16-,17-/m1/s1. The van der Waals surface area contributed by atoms with Crippen LogP contribution >= 0.6 is 23.5 Å². The highest BCUT2D eigenvalue weighted by Crippen LogP contribution is 2.67. The number of thioether (sulfide) groups is 2. The highest BCUT2D eigenvalue weighted by molar-refractivity contribution is 8.09. The quantitative estimate of drug-likeness (QED) is 0.722. The average Bonchev–Trinajstić information content (AvgIpc) is 3.13. The lowest BCUT2D eigenvalue weighted by Gasteiger charge is -2.46. The predicted molar refractivity (Wildman–Crippen MR) is 88.2 cm³/mol. The maximum Gasteiger partial charge on any atom is 0.156 e. The molecule has 2 nitrogen and oxygen atoms in total. The molecule has 0 aromatic heterocycles. The van der Waals surface area contributed by atoms with E-state index in [2.05, 4.69) is 26.0 Å². The third kappa shape index (κ3) is 1.53. The number of carbonyl (C=O) groups is 2. The summed E-state index contributed by atoms with van der Waals surface area (Å²) in [7, 11) is 0. The van der Waals surface area contributed by atoms with Gasteiger partial charge in [-0.3, -0.25) is 9.59 Å². The van der Waals surface area contributed by atoms with Crippen LogP contribution in [0.4, 0.5) is 0 Å². The summed E-state index contributed by atoms with van der Waals surface area (Å²) in [5.41, 5.74) is 5.50. The number of allylic oxidation sites excluding steroid dienone is 6. The van der Waals surface area contributed by atoms with Crippen LogP contribution in [0.3, 0.4) is 0 Å². The Labute approximate surface area is 132 Å². The average molecular weight is 316 g/mol. The van der Waals surface area contributed by atoms with Gasteiger partial charge in [-0.2, -0.15) is 0 Å². The van der Waals surface area contributed by atoms with Crippen molar-refractivity contribution < 1.29 is 9.59 Å². The molecule has 0 unspecified atom stereocenters. The highest BCUT2D eigenvalue weighted by atomic mass is 32.2. The lowest BCUT2D eigenvalue weighted by atomic mass is 9.72. The zero-order chi connectivity index (χ0) is 14.8. The first kappa shape index (κ1) is 13.6. The summed E-state index contributed by atoms with van der Waals surface area (Å²) in [5, 5.41) is 0. The topological polar surface area (TPSA) is 34.1 Å². The fraction of sp³-hybridized carbons (Fsp3) is 0.412. The van der Waals surface area contributed by atoms with Crippen molar-refractivity contribution in [1.29, 1.82) is 0 Å². The Morgan fingerprint density at radius 2 is 1.33 bits per heavy atom. The number of aldehydes is 2. The third-order valence-corrected chi connectivity index (χ3v) is 8.36. The second-order valence-corrected chi connectivity index (χ2v) is 9.22. The van der Waals surface area contributed by atoms with Crippen molar-refractivity contribution in [3.05, 3.63) is 44.3 Å². The summed E-state index contributed by atoms with van der Waals surface area (Å²) < 4.78 is -0.318. The van der Waals surface area contributed by atoms with Gasteiger partial charge in [0.2, 0.25) is 0 Å². The first-order chi connectivity index (χ1) is 10.0. The Bertz CT molecular complexity index is 650. The van der Waals surface area contributed by atoms with Crippen LogP contribution < -0.4 is 0 Å². The van der Waals surface area contributed by atoms with Gasteiger partial charge in [-0.05, 0) is 67.6 Å². The molecule has 4 rings (SSSR count). The Morgan fingerprint density at radius 3 is 1.71 bits per heavy atom.